The number of thiophene rings is 1. The summed E-state index contributed by atoms with van der Waals surface area (Å²) >= 11 is 1.71. The van der Waals surface area contributed by atoms with E-state index in [1.165, 1.54) is 0 Å². The molecule has 1 nitrogen and oxygen atoms in total. The quantitative estimate of drug-likeness (QED) is 0.622. The number of hydrogen-bond acceptors (Lipinski definition) is 2. The first-order valence-corrected chi connectivity index (χ1v) is 4.46. The maximum absolute atomic E-state index is 3.02. The Bertz CT molecular complexity index is 182. The maximum Gasteiger partial charge on any atom is 0.0328 e. The van der Waals surface area contributed by atoms with Gasteiger partial charge in [0.05, 0.1) is 0 Å². The van der Waals surface area contributed by atoms with Crippen LogP contribution in [0.4, 0.5) is 0 Å². The van der Waals surface area contributed by atoms with Gasteiger partial charge < -0.3 is 5.32 Å². The predicted molar refractivity (Wildman–Crippen MR) is 50.6 cm³/mol. The second-order valence-electron chi connectivity index (χ2n) is 1.99. The van der Waals surface area contributed by atoms with Gasteiger partial charge in [0, 0.05) is 6.54 Å². The van der Waals surface area contributed by atoms with E-state index in [4.69, 9.17) is 0 Å². The number of hydrogen-bond donors (Lipinski definition) is 1. The molecule has 1 aliphatic rings. The van der Waals surface area contributed by atoms with Crippen molar-refractivity contribution in [3.05, 3.63) is 47.3 Å². The van der Waals surface area contributed by atoms with Crippen LogP contribution in [0, 0.1) is 0 Å². The largest absolute Gasteiger partial charge is 0.387 e. The van der Waals surface area contributed by atoms with Crippen LogP contribution in [0.25, 0.3) is 0 Å². The topological polar surface area (TPSA) is 12.0 Å². The second kappa shape index (κ2) is 5.74. The lowest BCUT2D eigenvalue weighted by Crippen LogP contribution is -2.05. The molecule has 0 fully saturated rings. The lowest BCUT2D eigenvalue weighted by Gasteiger charge is -1.94. The summed E-state index contributed by atoms with van der Waals surface area (Å²) in [5.41, 5.74) is 0. The SMILES string of the molecule is C1=CCNC=C1.c1ccsc1. The Balaban J connectivity index is 0.000000112. The summed E-state index contributed by atoms with van der Waals surface area (Å²) in [5, 5.41) is 7.10. The van der Waals surface area contributed by atoms with E-state index in [9.17, 15) is 0 Å². The molecule has 0 atom stereocenters. The Hall–Kier alpha value is -1.02. The van der Waals surface area contributed by atoms with Crippen molar-refractivity contribution in [3.8, 4) is 0 Å². The monoisotopic (exact) mass is 165 g/mol. The van der Waals surface area contributed by atoms with Crippen LogP contribution in [0.5, 0.6) is 0 Å². The van der Waals surface area contributed by atoms with Crippen LogP contribution in [-0.2, 0) is 0 Å². The first-order chi connectivity index (χ1) is 5.50. The van der Waals surface area contributed by atoms with Gasteiger partial charge in [0.25, 0.3) is 0 Å². The maximum atomic E-state index is 3.02. The van der Waals surface area contributed by atoms with E-state index in [0.29, 0.717) is 0 Å². The average Bonchev–Trinajstić information content (AvgIpc) is 2.64. The third-order valence-electron chi connectivity index (χ3n) is 1.12. The first kappa shape index (κ1) is 8.08. The highest BCUT2D eigenvalue weighted by Crippen LogP contribution is 1.91. The van der Waals surface area contributed by atoms with Crippen molar-refractivity contribution < 1.29 is 0 Å². The predicted octanol–water partition coefficient (Wildman–Crippen LogP) is 2.41. The Morgan fingerprint density at radius 2 is 1.91 bits per heavy atom. The minimum Gasteiger partial charge on any atom is -0.387 e. The van der Waals surface area contributed by atoms with E-state index in [2.05, 4.69) is 11.4 Å². The van der Waals surface area contributed by atoms with Gasteiger partial charge in [0.1, 0.15) is 0 Å². The third-order valence-corrected chi connectivity index (χ3v) is 1.75. The fourth-order valence-corrected chi connectivity index (χ4v) is 1.09. The molecule has 2 heterocycles. The fraction of sp³-hybridized carbons (Fsp3) is 0.111. The summed E-state index contributed by atoms with van der Waals surface area (Å²) in [6, 6.07) is 4.04. The molecule has 11 heavy (non-hydrogen) atoms. The number of dihydropyridines is 1. The van der Waals surface area contributed by atoms with Gasteiger partial charge >= 0.3 is 0 Å². The second-order valence-corrected chi connectivity index (χ2v) is 2.81. The molecule has 2 rings (SSSR count). The van der Waals surface area contributed by atoms with E-state index < -0.39 is 0 Å². The van der Waals surface area contributed by atoms with Crippen molar-refractivity contribution in [3.63, 3.8) is 0 Å². The smallest absolute Gasteiger partial charge is 0.0328 e. The summed E-state index contributed by atoms with van der Waals surface area (Å²) in [7, 11) is 0. The van der Waals surface area contributed by atoms with Crippen LogP contribution in [0.2, 0.25) is 0 Å². The van der Waals surface area contributed by atoms with E-state index in [0.717, 1.165) is 6.54 Å². The van der Waals surface area contributed by atoms with Crippen LogP contribution in [0.1, 0.15) is 0 Å². The molecular formula is C9H11NS. The highest BCUT2D eigenvalue weighted by molar-refractivity contribution is 7.07. The molecule has 0 amide bonds. The van der Waals surface area contributed by atoms with Gasteiger partial charge in [0.2, 0.25) is 0 Å². The van der Waals surface area contributed by atoms with Crippen LogP contribution in [0.3, 0.4) is 0 Å². The molecule has 1 aromatic heterocycles. The van der Waals surface area contributed by atoms with Crippen LogP contribution in [0.15, 0.2) is 47.3 Å². The van der Waals surface area contributed by atoms with Gasteiger partial charge in [-0.15, -0.1) is 0 Å². The van der Waals surface area contributed by atoms with E-state index in [-0.39, 0.29) is 0 Å². The zero-order chi connectivity index (χ0) is 7.78. The van der Waals surface area contributed by atoms with Crippen molar-refractivity contribution in [2.24, 2.45) is 0 Å². The fourth-order valence-electron chi connectivity index (χ4n) is 0.633. The van der Waals surface area contributed by atoms with Gasteiger partial charge in [-0.05, 0) is 23.0 Å². The molecule has 2 heteroatoms. The molecule has 1 aromatic rings. The number of rotatable bonds is 0. The van der Waals surface area contributed by atoms with E-state index in [1.807, 2.05) is 41.2 Å². The van der Waals surface area contributed by atoms with Crippen molar-refractivity contribution in [1.82, 2.24) is 5.32 Å². The Morgan fingerprint density at radius 1 is 1.09 bits per heavy atom. The molecule has 0 radical (unpaired) electrons. The molecule has 0 aliphatic carbocycles. The standard InChI is InChI=1S/C5H7N.C4H4S/c1-2-4-6-5-3-1;1-2-4-5-3-1/h1-4,6H,5H2;1-4H. The first-order valence-electron chi connectivity index (χ1n) is 3.52. The van der Waals surface area contributed by atoms with Gasteiger partial charge in [-0.3, -0.25) is 0 Å². The summed E-state index contributed by atoms with van der Waals surface area (Å²) in [6.07, 6.45) is 8.00. The van der Waals surface area contributed by atoms with Gasteiger partial charge in [-0.1, -0.05) is 24.3 Å². The molecule has 0 spiro atoms. The Morgan fingerprint density at radius 3 is 2.09 bits per heavy atom. The lowest BCUT2D eigenvalue weighted by atomic mass is 10.4. The summed E-state index contributed by atoms with van der Waals surface area (Å²) in [6.45, 7) is 0.983. The van der Waals surface area contributed by atoms with Crippen LogP contribution < -0.4 is 5.32 Å². The van der Waals surface area contributed by atoms with E-state index >= 15 is 0 Å². The zero-order valence-corrected chi connectivity index (χ0v) is 7.05. The molecule has 0 unspecified atom stereocenters. The third kappa shape index (κ3) is 4.39. The lowest BCUT2D eigenvalue weighted by molar-refractivity contribution is 0.972. The van der Waals surface area contributed by atoms with Crippen LogP contribution in [-0.4, -0.2) is 6.54 Å². The average molecular weight is 165 g/mol. The minimum atomic E-state index is 0.983. The molecule has 0 saturated heterocycles. The molecule has 1 aliphatic heterocycles. The Kier molecular flexibility index (Phi) is 4.22. The summed E-state index contributed by atoms with van der Waals surface area (Å²) in [5.74, 6) is 0. The normalized spacial score (nSPS) is 13.1. The van der Waals surface area contributed by atoms with Crippen LogP contribution >= 0.6 is 11.3 Å². The molecular weight excluding hydrogens is 154 g/mol. The zero-order valence-electron chi connectivity index (χ0n) is 6.23. The van der Waals surface area contributed by atoms with Crippen molar-refractivity contribution in [2.45, 2.75) is 0 Å². The molecule has 1 N–H and O–H groups in total. The van der Waals surface area contributed by atoms with Crippen molar-refractivity contribution in [2.75, 3.05) is 6.54 Å². The van der Waals surface area contributed by atoms with Crippen molar-refractivity contribution >= 4 is 11.3 Å². The Labute approximate surface area is 71.1 Å². The molecule has 0 saturated carbocycles. The number of allylic oxidation sites excluding steroid dienone is 2. The van der Waals surface area contributed by atoms with Crippen molar-refractivity contribution in [1.29, 1.82) is 0 Å². The van der Waals surface area contributed by atoms with Gasteiger partial charge in [0.15, 0.2) is 0 Å². The molecule has 0 bridgehead atoms. The van der Waals surface area contributed by atoms with E-state index in [1.54, 1.807) is 11.3 Å². The van der Waals surface area contributed by atoms with Gasteiger partial charge in [-0.25, -0.2) is 0 Å². The number of nitrogens with one attached hydrogen (secondary N) is 1. The minimum absolute atomic E-state index is 0.983. The van der Waals surface area contributed by atoms with Gasteiger partial charge in [-0.2, -0.15) is 11.3 Å². The highest BCUT2D eigenvalue weighted by atomic mass is 32.1. The summed E-state index contributed by atoms with van der Waals surface area (Å²) < 4.78 is 0. The summed E-state index contributed by atoms with van der Waals surface area (Å²) in [4.78, 5) is 0. The highest BCUT2D eigenvalue weighted by Gasteiger charge is 1.73. The molecule has 0 aromatic carbocycles. The molecule has 58 valence electrons.